The lowest BCUT2D eigenvalue weighted by Crippen LogP contribution is -2.31. The first-order valence-corrected chi connectivity index (χ1v) is 7.26. The minimum absolute atomic E-state index is 0.249. The molecular formula is C9H10BrNO2S2. The maximum absolute atomic E-state index is 11.7. The van der Waals surface area contributed by atoms with Crippen molar-refractivity contribution in [3.05, 3.63) is 15.9 Å². The van der Waals surface area contributed by atoms with Gasteiger partial charge in [-0.3, -0.25) is 0 Å². The van der Waals surface area contributed by atoms with Crippen LogP contribution in [-0.4, -0.2) is 14.5 Å². The average Bonchev–Trinajstić information content (AvgIpc) is 2.51. The molecular weight excluding hydrogens is 298 g/mol. The predicted octanol–water partition coefficient (Wildman–Crippen LogP) is 2.20. The van der Waals surface area contributed by atoms with Crippen LogP contribution in [0.1, 0.15) is 13.3 Å². The number of halogens is 1. The molecule has 0 aromatic carbocycles. The van der Waals surface area contributed by atoms with E-state index in [-0.39, 0.29) is 6.04 Å². The van der Waals surface area contributed by atoms with Crippen molar-refractivity contribution < 1.29 is 8.42 Å². The van der Waals surface area contributed by atoms with Gasteiger partial charge in [0.1, 0.15) is 4.21 Å². The van der Waals surface area contributed by atoms with Crippen LogP contribution in [0.4, 0.5) is 0 Å². The van der Waals surface area contributed by atoms with E-state index in [0.29, 0.717) is 10.6 Å². The van der Waals surface area contributed by atoms with Gasteiger partial charge in [-0.15, -0.1) is 23.7 Å². The number of hydrogen-bond donors (Lipinski definition) is 1. The normalized spacial score (nSPS) is 13.4. The summed E-state index contributed by atoms with van der Waals surface area (Å²) in [7, 11) is -3.42. The van der Waals surface area contributed by atoms with E-state index in [9.17, 15) is 8.42 Å². The highest BCUT2D eigenvalue weighted by atomic mass is 79.9. The van der Waals surface area contributed by atoms with E-state index in [1.807, 2.05) is 0 Å². The van der Waals surface area contributed by atoms with E-state index in [4.69, 9.17) is 6.42 Å². The molecule has 1 unspecified atom stereocenters. The van der Waals surface area contributed by atoms with Crippen molar-refractivity contribution in [2.75, 3.05) is 0 Å². The molecule has 15 heavy (non-hydrogen) atoms. The molecule has 6 heteroatoms. The molecule has 0 saturated carbocycles. The topological polar surface area (TPSA) is 46.2 Å². The van der Waals surface area contributed by atoms with Gasteiger partial charge in [0.25, 0.3) is 0 Å². The van der Waals surface area contributed by atoms with Gasteiger partial charge in [-0.2, -0.15) is 0 Å². The fraction of sp³-hybridized carbons (Fsp3) is 0.333. The van der Waals surface area contributed by atoms with Crippen LogP contribution in [0.5, 0.6) is 0 Å². The lowest BCUT2D eigenvalue weighted by atomic mass is 10.3. The molecule has 0 aliphatic rings. The number of sulfonamides is 1. The summed E-state index contributed by atoms with van der Waals surface area (Å²) in [5.41, 5.74) is 0. The van der Waals surface area contributed by atoms with Crippen LogP contribution in [0.25, 0.3) is 0 Å². The zero-order chi connectivity index (χ0) is 11.5. The molecule has 0 radical (unpaired) electrons. The highest BCUT2D eigenvalue weighted by Gasteiger charge is 2.18. The second-order valence-electron chi connectivity index (χ2n) is 2.99. The molecule has 0 saturated heterocycles. The standard InChI is InChI=1S/C9H10BrNO2S2/c1-3-4-7(2)11-15(12,13)9-6-5-8(10)14-9/h1,5-7,11H,4H2,2H3. The van der Waals surface area contributed by atoms with Gasteiger partial charge in [0.2, 0.25) is 10.0 Å². The minimum atomic E-state index is -3.42. The Bertz CT molecular complexity index is 473. The van der Waals surface area contributed by atoms with Crippen molar-refractivity contribution in [2.45, 2.75) is 23.6 Å². The van der Waals surface area contributed by atoms with E-state index in [2.05, 4.69) is 26.6 Å². The van der Waals surface area contributed by atoms with Gasteiger partial charge in [0.05, 0.1) is 3.79 Å². The SMILES string of the molecule is C#CCC(C)NS(=O)(=O)c1ccc(Br)s1. The van der Waals surface area contributed by atoms with E-state index < -0.39 is 10.0 Å². The van der Waals surface area contributed by atoms with Crippen LogP contribution in [0.2, 0.25) is 0 Å². The molecule has 0 bridgehead atoms. The average molecular weight is 308 g/mol. The van der Waals surface area contributed by atoms with Crippen molar-refractivity contribution in [3.63, 3.8) is 0 Å². The molecule has 0 aliphatic heterocycles. The van der Waals surface area contributed by atoms with Crippen LogP contribution < -0.4 is 4.72 Å². The lowest BCUT2D eigenvalue weighted by Gasteiger charge is -2.09. The van der Waals surface area contributed by atoms with Crippen LogP contribution in [-0.2, 0) is 10.0 Å². The lowest BCUT2D eigenvalue weighted by molar-refractivity contribution is 0.565. The van der Waals surface area contributed by atoms with Gasteiger partial charge in [0, 0.05) is 12.5 Å². The molecule has 1 rings (SSSR count). The second-order valence-corrected chi connectivity index (χ2v) is 7.39. The van der Waals surface area contributed by atoms with E-state index >= 15 is 0 Å². The Morgan fingerprint density at radius 2 is 2.33 bits per heavy atom. The summed E-state index contributed by atoms with van der Waals surface area (Å²) < 4.78 is 27.1. The van der Waals surface area contributed by atoms with E-state index in [0.717, 1.165) is 3.79 Å². The summed E-state index contributed by atoms with van der Waals surface area (Å²) in [5.74, 6) is 2.41. The number of hydrogen-bond acceptors (Lipinski definition) is 3. The molecule has 82 valence electrons. The first-order valence-electron chi connectivity index (χ1n) is 4.17. The summed E-state index contributed by atoms with van der Waals surface area (Å²) >= 11 is 4.38. The van der Waals surface area contributed by atoms with Crippen LogP contribution >= 0.6 is 27.3 Å². The maximum atomic E-state index is 11.7. The Morgan fingerprint density at radius 1 is 1.67 bits per heavy atom. The molecule has 0 fully saturated rings. The van der Waals surface area contributed by atoms with Crippen LogP contribution in [0.3, 0.4) is 0 Å². The monoisotopic (exact) mass is 307 g/mol. The number of nitrogens with one attached hydrogen (secondary N) is 1. The third-order valence-electron chi connectivity index (χ3n) is 1.59. The first kappa shape index (κ1) is 12.7. The Balaban J connectivity index is 2.81. The van der Waals surface area contributed by atoms with Gasteiger partial charge in [-0.1, -0.05) is 0 Å². The van der Waals surface area contributed by atoms with Crippen LogP contribution in [0, 0.1) is 12.3 Å². The zero-order valence-corrected chi connectivity index (χ0v) is 11.2. The molecule has 1 heterocycles. The minimum Gasteiger partial charge on any atom is -0.207 e. The van der Waals surface area contributed by atoms with Gasteiger partial charge < -0.3 is 0 Å². The number of terminal acetylenes is 1. The number of thiophene rings is 1. The summed E-state index contributed by atoms with van der Waals surface area (Å²) in [6.07, 6.45) is 5.48. The molecule has 0 amide bonds. The zero-order valence-electron chi connectivity index (χ0n) is 8.03. The molecule has 3 nitrogen and oxygen atoms in total. The maximum Gasteiger partial charge on any atom is 0.250 e. The summed E-state index contributed by atoms with van der Waals surface area (Å²) in [5, 5.41) is 0. The Morgan fingerprint density at radius 3 is 2.80 bits per heavy atom. The molecule has 1 N–H and O–H groups in total. The van der Waals surface area contributed by atoms with Crippen molar-refractivity contribution in [2.24, 2.45) is 0 Å². The summed E-state index contributed by atoms with van der Waals surface area (Å²) in [4.78, 5) is 0. The van der Waals surface area contributed by atoms with Crippen molar-refractivity contribution in [3.8, 4) is 12.3 Å². The highest BCUT2D eigenvalue weighted by molar-refractivity contribution is 9.11. The highest BCUT2D eigenvalue weighted by Crippen LogP contribution is 2.25. The fourth-order valence-electron chi connectivity index (χ4n) is 0.984. The number of rotatable bonds is 4. The van der Waals surface area contributed by atoms with Gasteiger partial charge in [-0.25, -0.2) is 13.1 Å². The van der Waals surface area contributed by atoms with Crippen LogP contribution in [0.15, 0.2) is 20.1 Å². The van der Waals surface area contributed by atoms with Gasteiger partial charge in [0.15, 0.2) is 0 Å². The Hall–Kier alpha value is -0.350. The fourth-order valence-corrected chi connectivity index (χ4v) is 4.25. The summed E-state index contributed by atoms with van der Waals surface area (Å²) in [6, 6.07) is 3.01. The quantitative estimate of drug-likeness (QED) is 0.867. The third kappa shape index (κ3) is 3.61. The van der Waals surface area contributed by atoms with Crippen molar-refractivity contribution >= 4 is 37.3 Å². The molecule has 1 atom stereocenters. The molecule has 0 spiro atoms. The Kier molecular flexibility index (Phi) is 4.34. The third-order valence-corrected chi connectivity index (χ3v) is 5.30. The van der Waals surface area contributed by atoms with E-state index in [1.165, 1.54) is 11.3 Å². The smallest absolute Gasteiger partial charge is 0.207 e. The molecule has 0 aliphatic carbocycles. The summed E-state index contributed by atoms with van der Waals surface area (Å²) in [6.45, 7) is 1.74. The largest absolute Gasteiger partial charge is 0.250 e. The van der Waals surface area contributed by atoms with Gasteiger partial charge in [-0.05, 0) is 35.0 Å². The van der Waals surface area contributed by atoms with Gasteiger partial charge >= 0.3 is 0 Å². The Labute approximate surface area is 102 Å². The van der Waals surface area contributed by atoms with Crippen molar-refractivity contribution in [1.82, 2.24) is 4.72 Å². The second kappa shape index (κ2) is 5.12. The predicted molar refractivity (Wildman–Crippen MR) is 65.3 cm³/mol. The molecule has 1 aromatic heterocycles. The van der Waals surface area contributed by atoms with Crippen molar-refractivity contribution in [1.29, 1.82) is 0 Å². The first-order chi connectivity index (χ1) is 6.95. The van der Waals surface area contributed by atoms with E-state index in [1.54, 1.807) is 19.1 Å². The molecule has 1 aromatic rings.